The van der Waals surface area contributed by atoms with Crippen LogP contribution in [0.5, 0.6) is 5.75 Å². The maximum atomic E-state index is 12.1. The Labute approximate surface area is 121 Å². The van der Waals surface area contributed by atoms with E-state index < -0.39 is 12.0 Å². The van der Waals surface area contributed by atoms with Crippen molar-refractivity contribution >= 4 is 0 Å². The summed E-state index contributed by atoms with van der Waals surface area (Å²) in [5, 5.41) is 16.5. The normalized spacial score (nSPS) is 23.0. The number of β-amino-alcohol motifs (C(OH)–C–C–N with tert-alkyl or cyclic N) is 1. The number of ether oxygens (including phenoxy) is 1. The fourth-order valence-corrected chi connectivity index (χ4v) is 2.39. The first-order valence-corrected chi connectivity index (χ1v) is 6.85. The molecule has 1 atom stereocenters. The van der Waals surface area contributed by atoms with Crippen LogP contribution in [-0.4, -0.2) is 36.7 Å². The molecule has 1 unspecified atom stereocenters. The lowest BCUT2D eigenvalue weighted by atomic mass is 9.94. The average Bonchev–Trinajstić information content (AvgIpc) is 2.38. The largest absolute Gasteiger partial charge is 0.573 e. The number of hydrogen-bond donors (Lipinski definition) is 3. The van der Waals surface area contributed by atoms with Gasteiger partial charge in [-0.25, -0.2) is 0 Å². The van der Waals surface area contributed by atoms with Gasteiger partial charge in [-0.05, 0) is 37.1 Å². The topological polar surface area (TPSA) is 53.5 Å². The fourth-order valence-electron chi connectivity index (χ4n) is 2.39. The molecule has 1 aromatic rings. The standard InChI is InChI=1S/C14H19F3N2O2/c15-14(16,17)21-12-4-1-3-11(7-12)8-19-10-13(20)5-2-6-18-9-13/h1,3-4,7,18-20H,2,5-6,8-10H2. The first-order chi connectivity index (χ1) is 9.86. The Kier molecular flexibility index (Phi) is 5.08. The molecular weight excluding hydrogens is 285 g/mol. The molecule has 1 aromatic carbocycles. The summed E-state index contributed by atoms with van der Waals surface area (Å²) < 4.78 is 40.3. The van der Waals surface area contributed by atoms with Crippen molar-refractivity contribution in [2.24, 2.45) is 0 Å². The van der Waals surface area contributed by atoms with Crippen LogP contribution in [-0.2, 0) is 6.54 Å². The molecule has 1 aliphatic heterocycles. The van der Waals surface area contributed by atoms with Crippen LogP contribution in [0, 0.1) is 0 Å². The summed E-state index contributed by atoms with van der Waals surface area (Å²) in [5.74, 6) is -0.236. The predicted molar refractivity (Wildman–Crippen MR) is 71.9 cm³/mol. The van der Waals surface area contributed by atoms with Crippen LogP contribution in [0.15, 0.2) is 24.3 Å². The van der Waals surface area contributed by atoms with Crippen LogP contribution >= 0.6 is 0 Å². The summed E-state index contributed by atoms with van der Waals surface area (Å²) in [6.45, 7) is 2.19. The maximum absolute atomic E-state index is 12.1. The van der Waals surface area contributed by atoms with E-state index in [1.807, 2.05) is 0 Å². The van der Waals surface area contributed by atoms with Gasteiger partial charge in [0.1, 0.15) is 5.75 Å². The number of alkyl halides is 3. The van der Waals surface area contributed by atoms with Gasteiger partial charge in [-0.1, -0.05) is 12.1 Å². The molecule has 0 radical (unpaired) electrons. The minimum atomic E-state index is -4.69. The van der Waals surface area contributed by atoms with Gasteiger partial charge in [0.2, 0.25) is 0 Å². The highest BCUT2D eigenvalue weighted by atomic mass is 19.4. The van der Waals surface area contributed by atoms with Crippen LogP contribution in [0.2, 0.25) is 0 Å². The minimum absolute atomic E-state index is 0.236. The van der Waals surface area contributed by atoms with Crippen LogP contribution in [0.4, 0.5) is 13.2 Å². The minimum Gasteiger partial charge on any atom is -0.406 e. The van der Waals surface area contributed by atoms with Crippen molar-refractivity contribution in [3.8, 4) is 5.75 Å². The maximum Gasteiger partial charge on any atom is 0.573 e. The van der Waals surface area contributed by atoms with Crippen LogP contribution in [0.1, 0.15) is 18.4 Å². The highest BCUT2D eigenvalue weighted by Crippen LogP contribution is 2.23. The summed E-state index contributed by atoms with van der Waals surface area (Å²) in [6, 6.07) is 5.81. The van der Waals surface area contributed by atoms with Gasteiger partial charge in [0.15, 0.2) is 0 Å². The molecule has 1 fully saturated rings. The van der Waals surface area contributed by atoms with E-state index in [-0.39, 0.29) is 5.75 Å². The lowest BCUT2D eigenvalue weighted by Crippen LogP contribution is -2.51. The first kappa shape index (κ1) is 16.1. The van der Waals surface area contributed by atoms with Gasteiger partial charge in [-0.15, -0.1) is 13.2 Å². The molecule has 1 heterocycles. The van der Waals surface area contributed by atoms with Crippen LogP contribution < -0.4 is 15.4 Å². The van der Waals surface area contributed by atoms with E-state index in [0.29, 0.717) is 31.6 Å². The molecule has 4 nitrogen and oxygen atoms in total. The number of hydrogen-bond acceptors (Lipinski definition) is 4. The molecule has 3 N–H and O–H groups in total. The predicted octanol–water partition coefficient (Wildman–Crippen LogP) is 1.79. The molecule has 0 aromatic heterocycles. The Morgan fingerprint density at radius 1 is 1.38 bits per heavy atom. The van der Waals surface area contributed by atoms with E-state index in [0.717, 1.165) is 13.0 Å². The van der Waals surface area contributed by atoms with Gasteiger partial charge in [0.05, 0.1) is 5.60 Å². The van der Waals surface area contributed by atoms with Crippen molar-refractivity contribution < 1.29 is 23.0 Å². The molecule has 7 heteroatoms. The smallest absolute Gasteiger partial charge is 0.406 e. The summed E-state index contributed by atoms with van der Waals surface area (Å²) in [6.07, 6.45) is -3.06. The zero-order valence-corrected chi connectivity index (χ0v) is 11.5. The van der Waals surface area contributed by atoms with Crippen molar-refractivity contribution in [3.63, 3.8) is 0 Å². The Morgan fingerprint density at radius 3 is 2.86 bits per heavy atom. The quantitative estimate of drug-likeness (QED) is 0.776. The molecule has 0 bridgehead atoms. The first-order valence-electron chi connectivity index (χ1n) is 6.85. The Hall–Kier alpha value is -1.31. The second-order valence-corrected chi connectivity index (χ2v) is 5.30. The number of benzene rings is 1. The van der Waals surface area contributed by atoms with E-state index in [1.54, 1.807) is 6.07 Å². The van der Waals surface area contributed by atoms with E-state index >= 15 is 0 Å². The molecule has 0 amide bonds. The third-order valence-electron chi connectivity index (χ3n) is 3.36. The van der Waals surface area contributed by atoms with Crippen LogP contribution in [0.25, 0.3) is 0 Å². The molecule has 0 spiro atoms. The third-order valence-corrected chi connectivity index (χ3v) is 3.36. The Bertz CT molecular complexity index is 460. The number of rotatable bonds is 5. The molecule has 0 aliphatic carbocycles. The van der Waals surface area contributed by atoms with Crippen molar-refractivity contribution in [2.45, 2.75) is 31.3 Å². The van der Waals surface area contributed by atoms with Crippen molar-refractivity contribution in [3.05, 3.63) is 29.8 Å². The van der Waals surface area contributed by atoms with E-state index in [4.69, 9.17) is 0 Å². The van der Waals surface area contributed by atoms with Gasteiger partial charge in [0.25, 0.3) is 0 Å². The van der Waals surface area contributed by atoms with E-state index in [2.05, 4.69) is 15.4 Å². The average molecular weight is 304 g/mol. The summed E-state index contributed by atoms with van der Waals surface area (Å²) in [4.78, 5) is 0. The summed E-state index contributed by atoms with van der Waals surface area (Å²) in [7, 11) is 0. The molecule has 21 heavy (non-hydrogen) atoms. The SMILES string of the molecule is OC1(CNCc2cccc(OC(F)(F)F)c2)CCCNC1. The van der Waals surface area contributed by atoms with Crippen LogP contribution in [0.3, 0.4) is 0 Å². The molecule has 1 aliphatic rings. The van der Waals surface area contributed by atoms with Gasteiger partial charge in [-0.3, -0.25) is 0 Å². The Balaban J connectivity index is 1.84. The highest BCUT2D eigenvalue weighted by molar-refractivity contribution is 5.28. The number of halogens is 3. The lowest BCUT2D eigenvalue weighted by molar-refractivity contribution is -0.274. The Morgan fingerprint density at radius 2 is 2.19 bits per heavy atom. The van der Waals surface area contributed by atoms with Crippen molar-refractivity contribution in [2.75, 3.05) is 19.6 Å². The molecule has 118 valence electrons. The molecule has 1 saturated heterocycles. The van der Waals surface area contributed by atoms with Crippen molar-refractivity contribution in [1.82, 2.24) is 10.6 Å². The van der Waals surface area contributed by atoms with Gasteiger partial charge in [0, 0.05) is 19.6 Å². The van der Waals surface area contributed by atoms with Crippen molar-refractivity contribution in [1.29, 1.82) is 0 Å². The van der Waals surface area contributed by atoms with Gasteiger partial charge < -0.3 is 20.5 Å². The zero-order valence-electron chi connectivity index (χ0n) is 11.5. The number of aliphatic hydroxyl groups is 1. The van der Waals surface area contributed by atoms with Gasteiger partial charge >= 0.3 is 6.36 Å². The third kappa shape index (κ3) is 5.53. The molecule has 0 saturated carbocycles. The van der Waals surface area contributed by atoms with E-state index in [1.165, 1.54) is 18.2 Å². The number of nitrogens with one attached hydrogen (secondary N) is 2. The lowest BCUT2D eigenvalue weighted by Gasteiger charge is -2.32. The highest BCUT2D eigenvalue weighted by Gasteiger charge is 2.31. The number of piperidine rings is 1. The van der Waals surface area contributed by atoms with E-state index in [9.17, 15) is 18.3 Å². The zero-order chi connectivity index (χ0) is 15.3. The summed E-state index contributed by atoms with van der Waals surface area (Å²) in [5.41, 5.74) is -0.123. The molecular formula is C14H19F3N2O2. The second-order valence-electron chi connectivity index (χ2n) is 5.30. The second kappa shape index (κ2) is 6.64. The monoisotopic (exact) mass is 304 g/mol. The fraction of sp³-hybridized carbons (Fsp3) is 0.571. The summed E-state index contributed by atoms with van der Waals surface area (Å²) >= 11 is 0. The van der Waals surface area contributed by atoms with Gasteiger partial charge in [-0.2, -0.15) is 0 Å². The molecule has 2 rings (SSSR count).